The molecular formula is C50H66Cl2N8O7. The van der Waals surface area contributed by atoms with Crippen molar-refractivity contribution in [2.75, 3.05) is 50.8 Å². The lowest BCUT2D eigenvalue weighted by Gasteiger charge is -2.63. The Bertz CT molecular complexity index is 2270. The van der Waals surface area contributed by atoms with E-state index in [1.807, 2.05) is 40.7 Å². The lowest BCUT2D eigenvalue weighted by atomic mass is 9.49. The minimum Gasteiger partial charge on any atom is -0.489 e. The Labute approximate surface area is 404 Å². The quantitative estimate of drug-likeness (QED) is 0.135. The summed E-state index contributed by atoms with van der Waals surface area (Å²) in [6, 6.07) is 15.8. The Balaban J connectivity index is 0.964. The number of aliphatic hydroxyl groups is 1. The third-order valence-electron chi connectivity index (χ3n) is 13.3. The molecule has 2 saturated heterocycles. The summed E-state index contributed by atoms with van der Waals surface area (Å²) in [5.41, 5.74) is 0.163. The van der Waals surface area contributed by atoms with Gasteiger partial charge in [-0.3, -0.25) is 24.1 Å². The van der Waals surface area contributed by atoms with Crippen LogP contribution in [-0.2, 0) is 25.7 Å². The molecule has 0 radical (unpaired) electrons. The molecule has 362 valence electrons. The first kappa shape index (κ1) is 51.4. The third kappa shape index (κ3) is 12.0. The van der Waals surface area contributed by atoms with Crippen LogP contribution in [0.25, 0.3) is 0 Å². The Morgan fingerprint density at radius 2 is 1.64 bits per heavy atom. The van der Waals surface area contributed by atoms with Gasteiger partial charge in [-0.05, 0) is 53.3 Å². The first-order chi connectivity index (χ1) is 31.5. The minimum atomic E-state index is -0.982. The molecule has 67 heavy (non-hydrogen) atoms. The van der Waals surface area contributed by atoms with Crippen LogP contribution in [0, 0.1) is 33.5 Å². The van der Waals surface area contributed by atoms with Crippen molar-refractivity contribution in [2.45, 2.75) is 112 Å². The molecule has 15 nitrogen and oxygen atoms in total. The van der Waals surface area contributed by atoms with E-state index in [2.05, 4.69) is 64.5 Å². The fourth-order valence-corrected chi connectivity index (χ4v) is 10.2. The summed E-state index contributed by atoms with van der Waals surface area (Å²) in [6.07, 6.45) is -0.228. The van der Waals surface area contributed by atoms with E-state index in [1.165, 1.54) is 4.90 Å². The van der Waals surface area contributed by atoms with Crippen molar-refractivity contribution in [1.29, 1.82) is 5.26 Å². The van der Waals surface area contributed by atoms with Crippen LogP contribution >= 0.6 is 23.2 Å². The highest BCUT2D eigenvalue weighted by atomic mass is 35.5. The predicted octanol–water partition coefficient (Wildman–Crippen LogP) is 5.84. The monoisotopic (exact) mass is 960 g/mol. The van der Waals surface area contributed by atoms with Gasteiger partial charge in [-0.15, -0.1) is 0 Å². The summed E-state index contributed by atoms with van der Waals surface area (Å²) in [6.45, 7) is 21.6. The summed E-state index contributed by atoms with van der Waals surface area (Å²) < 4.78 is 12.6. The number of aliphatic hydroxyl groups excluding tert-OH is 1. The molecular weight excluding hydrogens is 896 g/mol. The van der Waals surface area contributed by atoms with Gasteiger partial charge in [0.05, 0.1) is 28.9 Å². The highest BCUT2D eigenvalue weighted by molar-refractivity contribution is 6.31. The van der Waals surface area contributed by atoms with Crippen LogP contribution in [0.5, 0.6) is 5.75 Å². The molecule has 3 aromatic rings. The average Bonchev–Trinajstić information content (AvgIpc) is 3.68. The number of nitrogens with one attached hydrogen (secondary N) is 3. The van der Waals surface area contributed by atoms with Crippen LogP contribution < -0.4 is 25.6 Å². The summed E-state index contributed by atoms with van der Waals surface area (Å²) in [5.74, 6) is -0.293. The van der Waals surface area contributed by atoms with Gasteiger partial charge < -0.3 is 40.3 Å². The zero-order valence-corrected chi connectivity index (χ0v) is 41.6. The molecule has 4 N–H and O–H groups in total. The molecule has 1 aromatic heterocycles. The summed E-state index contributed by atoms with van der Waals surface area (Å²) in [7, 11) is 0. The van der Waals surface area contributed by atoms with Crippen molar-refractivity contribution in [1.82, 2.24) is 30.7 Å². The molecule has 4 atom stereocenters. The zero-order chi connectivity index (χ0) is 49.0. The second-order valence-electron chi connectivity index (χ2n) is 20.6. The Kier molecular flexibility index (Phi) is 16.2. The first-order valence-corrected chi connectivity index (χ1v) is 23.8. The van der Waals surface area contributed by atoms with Crippen molar-refractivity contribution < 1.29 is 33.8 Å². The number of carbonyl (C=O) groups excluding carboxylic acids is 4. The average molecular weight is 962 g/mol. The number of amides is 4. The van der Waals surface area contributed by atoms with Crippen molar-refractivity contribution >= 4 is 52.6 Å². The number of piperazine rings is 1. The summed E-state index contributed by atoms with van der Waals surface area (Å²) >= 11 is 12.3. The van der Waals surface area contributed by atoms with Gasteiger partial charge in [0.2, 0.25) is 17.7 Å². The molecule has 1 aliphatic carbocycles. The fraction of sp³-hybridized carbons (Fsp3) is 0.560. The standard InChI is InChI=1S/C50H66Cl2N8O7/c1-30(2)40(44(64)56-41(48(3,4)5)45(65)60-29-35(61)24-38(60)43(63)55-27-31-10-14-34(51)15-11-31)66-23-22-58-18-20-59(21-19-58)39-17-13-33(28-54-39)42(62)57-46-49(6,7)47(50(46,8)9)67-36-16-12-32(26-53)37(52)25-36/h10-17,25,28,30,35,38,40-41,46-47,61H,18-24,27,29H2,1-9H3,(H,55,63)(H,56,64)(H,57,62)/t35-,38+,40?,41?,46-,47-/m1/s1. The Morgan fingerprint density at radius 1 is 0.970 bits per heavy atom. The molecule has 4 amide bonds. The van der Waals surface area contributed by atoms with Crippen LogP contribution in [0.2, 0.25) is 10.0 Å². The van der Waals surface area contributed by atoms with Crippen LogP contribution in [-0.4, -0.2) is 126 Å². The molecule has 2 unspecified atom stereocenters. The van der Waals surface area contributed by atoms with Gasteiger partial charge >= 0.3 is 0 Å². The highest BCUT2D eigenvalue weighted by Gasteiger charge is 2.64. The number of β-amino-alcohol motifs (C(OH)–C–C–N with tert-alkyl or cyclic N) is 1. The lowest BCUT2D eigenvalue weighted by molar-refractivity contribution is -0.164. The number of hydrogen-bond donors (Lipinski definition) is 4. The van der Waals surface area contributed by atoms with E-state index in [9.17, 15) is 29.5 Å². The van der Waals surface area contributed by atoms with Crippen LogP contribution in [0.15, 0.2) is 60.8 Å². The minimum absolute atomic E-state index is 0.0217. The number of ether oxygens (including phenoxy) is 2. The van der Waals surface area contributed by atoms with Crippen molar-refractivity contribution in [3.8, 4) is 11.8 Å². The van der Waals surface area contributed by atoms with Crippen molar-refractivity contribution in [3.05, 3.63) is 87.5 Å². The normalized spacial score (nSPS) is 22.3. The van der Waals surface area contributed by atoms with Gasteiger partial charge in [0.1, 0.15) is 41.9 Å². The molecule has 3 fully saturated rings. The van der Waals surface area contributed by atoms with Gasteiger partial charge in [-0.2, -0.15) is 5.26 Å². The number of nitriles is 1. The molecule has 6 rings (SSSR count). The Morgan fingerprint density at radius 3 is 2.22 bits per heavy atom. The van der Waals surface area contributed by atoms with Crippen LogP contribution in [0.4, 0.5) is 5.82 Å². The topological polar surface area (TPSA) is 189 Å². The van der Waals surface area contributed by atoms with E-state index in [-0.39, 0.29) is 49.4 Å². The number of carbonyl (C=O) groups is 4. The van der Waals surface area contributed by atoms with Gasteiger partial charge in [-0.1, -0.05) is 97.6 Å². The summed E-state index contributed by atoms with van der Waals surface area (Å²) in [5, 5.41) is 29.8. The molecule has 2 aromatic carbocycles. The molecule has 17 heteroatoms. The maximum absolute atomic E-state index is 14.2. The predicted molar refractivity (Wildman–Crippen MR) is 258 cm³/mol. The number of pyridine rings is 1. The van der Waals surface area contributed by atoms with E-state index >= 15 is 0 Å². The molecule has 0 bridgehead atoms. The largest absolute Gasteiger partial charge is 0.489 e. The number of halogens is 2. The smallest absolute Gasteiger partial charge is 0.253 e. The van der Waals surface area contributed by atoms with Crippen LogP contribution in [0.3, 0.4) is 0 Å². The number of likely N-dealkylation sites (tertiary alicyclic amines) is 1. The van der Waals surface area contributed by atoms with Crippen molar-refractivity contribution in [3.63, 3.8) is 0 Å². The van der Waals surface area contributed by atoms with E-state index in [1.54, 1.807) is 54.7 Å². The lowest BCUT2D eigenvalue weighted by Crippen LogP contribution is -2.74. The Hall–Kier alpha value is -4.98. The van der Waals surface area contributed by atoms with E-state index in [0.29, 0.717) is 53.2 Å². The highest BCUT2D eigenvalue weighted by Crippen LogP contribution is 2.55. The van der Waals surface area contributed by atoms with Crippen LogP contribution in [0.1, 0.15) is 90.2 Å². The van der Waals surface area contributed by atoms with Gasteiger partial charge in [0.15, 0.2) is 0 Å². The fourth-order valence-electron chi connectivity index (χ4n) is 9.85. The third-order valence-corrected chi connectivity index (χ3v) is 13.9. The number of nitrogens with zero attached hydrogens (tertiary/aromatic N) is 5. The first-order valence-electron chi connectivity index (χ1n) is 23.0. The van der Waals surface area contributed by atoms with E-state index in [0.717, 1.165) is 24.5 Å². The van der Waals surface area contributed by atoms with Gasteiger partial charge in [0.25, 0.3) is 5.91 Å². The maximum atomic E-state index is 14.2. The summed E-state index contributed by atoms with van der Waals surface area (Å²) in [4.78, 5) is 65.4. The number of hydrogen-bond acceptors (Lipinski definition) is 11. The zero-order valence-electron chi connectivity index (χ0n) is 40.1. The number of benzene rings is 2. The second kappa shape index (κ2) is 21.1. The molecule has 1 saturated carbocycles. The molecule has 2 aliphatic heterocycles. The van der Waals surface area contributed by atoms with E-state index < -0.39 is 52.4 Å². The number of rotatable bonds is 16. The maximum Gasteiger partial charge on any atom is 0.253 e. The molecule has 0 spiro atoms. The van der Waals surface area contributed by atoms with E-state index in [4.69, 9.17) is 32.7 Å². The molecule has 3 aliphatic rings. The van der Waals surface area contributed by atoms with Gasteiger partial charge in [-0.25, -0.2) is 4.98 Å². The van der Waals surface area contributed by atoms with Crippen molar-refractivity contribution in [2.24, 2.45) is 22.2 Å². The van der Waals surface area contributed by atoms with Gasteiger partial charge in [0, 0.05) is 86.4 Å². The number of aromatic nitrogens is 1. The molecule has 3 heterocycles. The second-order valence-corrected chi connectivity index (χ2v) is 21.5. The number of anilines is 1. The SMILES string of the molecule is CC(C)C(OCCN1CCN(c2ccc(C(=O)N[C@H]3C(C)(C)[C@H](Oc4ccc(C#N)c(Cl)c4)C3(C)C)cn2)CC1)C(=O)NC(C(=O)N1C[C@H](O)C[C@H]1C(=O)NCc1ccc(Cl)cc1)C(C)(C)C.